The third-order valence-corrected chi connectivity index (χ3v) is 3.10. The number of nitriles is 1. The van der Waals surface area contributed by atoms with Crippen LogP contribution in [0.5, 0.6) is 5.75 Å². The minimum Gasteiger partial charge on any atom is -0.494 e. The minimum atomic E-state index is 0.141. The van der Waals surface area contributed by atoms with Gasteiger partial charge in [0.1, 0.15) is 11.8 Å². The SMILES string of the molecule is C=C(C)c1nc(C#N)c(N/N=C\c2cccc(OCCCC)c2)o1. The highest BCUT2D eigenvalue weighted by Gasteiger charge is 2.12. The van der Waals surface area contributed by atoms with E-state index in [-0.39, 0.29) is 11.6 Å². The Hall–Kier alpha value is -3.07. The van der Waals surface area contributed by atoms with E-state index >= 15 is 0 Å². The summed E-state index contributed by atoms with van der Waals surface area (Å²) in [4.78, 5) is 4.03. The van der Waals surface area contributed by atoms with Crippen LogP contribution in [0.15, 0.2) is 40.4 Å². The van der Waals surface area contributed by atoms with Crippen molar-refractivity contribution in [3.63, 3.8) is 0 Å². The van der Waals surface area contributed by atoms with Crippen molar-refractivity contribution in [2.75, 3.05) is 12.0 Å². The van der Waals surface area contributed by atoms with E-state index in [1.54, 1.807) is 13.1 Å². The molecule has 2 aromatic rings. The van der Waals surface area contributed by atoms with Gasteiger partial charge in [0.2, 0.25) is 11.6 Å². The van der Waals surface area contributed by atoms with Crippen LogP contribution in [0.25, 0.3) is 5.57 Å². The third kappa shape index (κ3) is 4.71. The second-order valence-electron chi connectivity index (χ2n) is 5.23. The summed E-state index contributed by atoms with van der Waals surface area (Å²) < 4.78 is 11.1. The lowest BCUT2D eigenvalue weighted by molar-refractivity contribution is 0.309. The molecular weight excluding hydrogens is 304 g/mol. The van der Waals surface area contributed by atoms with Gasteiger partial charge in [0, 0.05) is 5.57 Å². The molecule has 0 fully saturated rings. The van der Waals surface area contributed by atoms with Crippen LogP contribution in [-0.4, -0.2) is 17.8 Å². The van der Waals surface area contributed by atoms with E-state index in [1.807, 2.05) is 30.3 Å². The maximum Gasteiger partial charge on any atom is 0.252 e. The third-order valence-electron chi connectivity index (χ3n) is 3.10. The van der Waals surface area contributed by atoms with Gasteiger partial charge >= 0.3 is 0 Å². The molecule has 0 aliphatic rings. The Morgan fingerprint density at radius 2 is 2.38 bits per heavy atom. The van der Waals surface area contributed by atoms with Crippen molar-refractivity contribution < 1.29 is 9.15 Å². The number of nitrogens with zero attached hydrogens (tertiary/aromatic N) is 3. The Bertz CT molecular complexity index is 772. The fourth-order valence-corrected chi connectivity index (χ4v) is 1.84. The molecule has 0 saturated carbocycles. The topological polar surface area (TPSA) is 83.4 Å². The van der Waals surface area contributed by atoms with Crippen molar-refractivity contribution in [1.29, 1.82) is 5.26 Å². The zero-order chi connectivity index (χ0) is 17.4. The highest BCUT2D eigenvalue weighted by Crippen LogP contribution is 2.20. The van der Waals surface area contributed by atoms with Gasteiger partial charge in [0.15, 0.2) is 0 Å². The quantitative estimate of drug-likeness (QED) is 0.447. The number of hydrogen-bond donors (Lipinski definition) is 1. The highest BCUT2D eigenvalue weighted by atomic mass is 16.5. The minimum absolute atomic E-state index is 0.141. The molecule has 6 nitrogen and oxygen atoms in total. The number of anilines is 1. The summed E-state index contributed by atoms with van der Waals surface area (Å²) in [6.45, 7) is 8.31. The van der Waals surface area contributed by atoms with Crippen LogP contribution in [0, 0.1) is 11.3 Å². The molecule has 1 N–H and O–H groups in total. The Balaban J connectivity index is 2.03. The molecular formula is C18H20N4O2. The number of benzene rings is 1. The summed E-state index contributed by atoms with van der Waals surface area (Å²) in [5, 5.41) is 13.1. The molecule has 124 valence electrons. The number of rotatable bonds is 8. The number of hydrazone groups is 1. The van der Waals surface area contributed by atoms with E-state index in [0.29, 0.717) is 18.1 Å². The average molecular weight is 324 g/mol. The van der Waals surface area contributed by atoms with Crippen molar-refractivity contribution in [3.8, 4) is 11.8 Å². The standard InChI is InChI=1S/C18H20N4O2/c1-4-5-9-23-15-8-6-7-14(10-15)12-20-22-18-16(11-19)21-17(24-18)13(2)3/h6-8,10,12,22H,2,4-5,9H2,1,3H3/b20-12-. The van der Waals surface area contributed by atoms with Gasteiger partial charge in [-0.05, 0) is 31.0 Å². The molecule has 0 aliphatic carbocycles. The molecule has 1 heterocycles. The molecule has 0 radical (unpaired) electrons. The van der Waals surface area contributed by atoms with Crippen LogP contribution in [0.2, 0.25) is 0 Å². The van der Waals surface area contributed by atoms with E-state index in [9.17, 15) is 0 Å². The van der Waals surface area contributed by atoms with Crippen molar-refractivity contribution in [2.24, 2.45) is 5.10 Å². The summed E-state index contributed by atoms with van der Waals surface area (Å²) in [7, 11) is 0. The van der Waals surface area contributed by atoms with Gasteiger partial charge in [0.05, 0.1) is 12.8 Å². The molecule has 0 spiro atoms. The molecule has 1 aromatic carbocycles. The van der Waals surface area contributed by atoms with Crippen LogP contribution in [0.3, 0.4) is 0 Å². The first-order valence-corrected chi connectivity index (χ1v) is 7.72. The number of allylic oxidation sites excluding steroid dienone is 1. The van der Waals surface area contributed by atoms with Gasteiger partial charge in [-0.3, -0.25) is 0 Å². The molecule has 0 saturated heterocycles. The van der Waals surface area contributed by atoms with Crippen LogP contribution >= 0.6 is 0 Å². The molecule has 0 amide bonds. The summed E-state index contributed by atoms with van der Waals surface area (Å²) >= 11 is 0. The first kappa shape index (κ1) is 17.3. The zero-order valence-corrected chi connectivity index (χ0v) is 13.9. The second kappa shape index (κ2) is 8.53. The van der Waals surface area contributed by atoms with E-state index in [0.717, 1.165) is 24.2 Å². The molecule has 24 heavy (non-hydrogen) atoms. The number of ether oxygens (including phenoxy) is 1. The predicted octanol–water partition coefficient (Wildman–Crippen LogP) is 4.20. The monoisotopic (exact) mass is 324 g/mol. The maximum absolute atomic E-state index is 9.06. The first-order valence-electron chi connectivity index (χ1n) is 7.72. The smallest absolute Gasteiger partial charge is 0.252 e. The predicted molar refractivity (Wildman–Crippen MR) is 94.0 cm³/mol. The van der Waals surface area contributed by atoms with Gasteiger partial charge in [0.25, 0.3) is 5.88 Å². The normalized spacial score (nSPS) is 10.5. The van der Waals surface area contributed by atoms with Gasteiger partial charge in [-0.15, -0.1) is 0 Å². The molecule has 0 aliphatic heterocycles. The van der Waals surface area contributed by atoms with Crippen LogP contribution in [0.4, 0.5) is 5.88 Å². The Kier molecular flexibility index (Phi) is 6.15. The number of oxazole rings is 1. The van der Waals surface area contributed by atoms with Crippen LogP contribution in [-0.2, 0) is 0 Å². The molecule has 0 unspecified atom stereocenters. The highest BCUT2D eigenvalue weighted by molar-refractivity contribution is 5.80. The van der Waals surface area contributed by atoms with E-state index in [4.69, 9.17) is 14.4 Å². The lowest BCUT2D eigenvalue weighted by Crippen LogP contribution is -1.97. The average Bonchev–Trinajstić information content (AvgIpc) is 2.99. The van der Waals surface area contributed by atoms with Crippen LogP contribution < -0.4 is 10.2 Å². The van der Waals surface area contributed by atoms with E-state index in [1.165, 1.54) is 0 Å². The summed E-state index contributed by atoms with van der Waals surface area (Å²) in [6.07, 6.45) is 3.74. The van der Waals surface area contributed by atoms with E-state index < -0.39 is 0 Å². The number of nitrogens with one attached hydrogen (secondary N) is 1. The van der Waals surface area contributed by atoms with Gasteiger partial charge in [-0.25, -0.2) is 5.43 Å². The second-order valence-corrected chi connectivity index (χ2v) is 5.23. The van der Waals surface area contributed by atoms with E-state index in [2.05, 4.69) is 29.0 Å². The summed E-state index contributed by atoms with van der Waals surface area (Å²) in [5.41, 5.74) is 4.35. The van der Waals surface area contributed by atoms with Crippen molar-refractivity contribution in [2.45, 2.75) is 26.7 Å². The number of unbranched alkanes of at least 4 members (excludes halogenated alkanes) is 1. The molecule has 6 heteroatoms. The first-order chi connectivity index (χ1) is 11.6. The largest absolute Gasteiger partial charge is 0.494 e. The Labute approximate surface area is 141 Å². The molecule has 0 atom stereocenters. The fraction of sp³-hybridized carbons (Fsp3) is 0.278. The van der Waals surface area contributed by atoms with Gasteiger partial charge in [-0.2, -0.15) is 15.3 Å². The molecule has 0 bridgehead atoms. The molecule has 1 aromatic heterocycles. The Morgan fingerprint density at radius 3 is 3.08 bits per heavy atom. The van der Waals surface area contributed by atoms with Crippen molar-refractivity contribution in [1.82, 2.24) is 4.98 Å². The zero-order valence-electron chi connectivity index (χ0n) is 13.9. The van der Waals surface area contributed by atoms with Gasteiger partial charge < -0.3 is 9.15 Å². The van der Waals surface area contributed by atoms with Crippen molar-refractivity contribution in [3.05, 3.63) is 48.0 Å². The molecule has 2 rings (SSSR count). The number of hydrogen-bond acceptors (Lipinski definition) is 6. The lowest BCUT2D eigenvalue weighted by Gasteiger charge is -2.05. The lowest BCUT2D eigenvalue weighted by atomic mass is 10.2. The maximum atomic E-state index is 9.06. The fourth-order valence-electron chi connectivity index (χ4n) is 1.84. The van der Waals surface area contributed by atoms with Gasteiger partial charge in [-0.1, -0.05) is 32.1 Å². The number of aromatic nitrogens is 1. The van der Waals surface area contributed by atoms with Crippen molar-refractivity contribution >= 4 is 17.7 Å². The summed E-state index contributed by atoms with van der Waals surface area (Å²) in [5.74, 6) is 1.31. The Morgan fingerprint density at radius 1 is 1.54 bits per heavy atom. The summed E-state index contributed by atoms with van der Waals surface area (Å²) in [6, 6.07) is 9.56. The van der Waals surface area contributed by atoms with Crippen LogP contribution in [0.1, 0.15) is 43.8 Å².